The van der Waals surface area contributed by atoms with Gasteiger partial charge in [-0.2, -0.15) is 0 Å². The van der Waals surface area contributed by atoms with Crippen molar-refractivity contribution in [3.05, 3.63) is 0 Å². The Balaban J connectivity index is 0. The van der Waals surface area contributed by atoms with Gasteiger partial charge in [-0.1, -0.05) is 13.3 Å². The van der Waals surface area contributed by atoms with Crippen LogP contribution < -0.4 is 0 Å². The van der Waals surface area contributed by atoms with Gasteiger partial charge in [0.2, 0.25) is 0 Å². The average molecular weight is 186 g/mol. The zero-order chi connectivity index (χ0) is 5.70. The third-order valence-electron chi connectivity index (χ3n) is 0.673. The Hall–Kier alpha value is 0.629. The molecule has 0 aliphatic rings. The molecule has 2 nitrogen and oxygen atoms in total. The second-order valence-electron chi connectivity index (χ2n) is 1.38. The largest absolute Gasteiger partial charge is 0.306 e. The summed E-state index contributed by atoms with van der Waals surface area (Å²) < 4.78 is 18.0. The van der Waals surface area contributed by atoms with Crippen LogP contribution in [0.2, 0.25) is 0 Å². The summed E-state index contributed by atoms with van der Waals surface area (Å²) in [5, 5.41) is 0. The van der Waals surface area contributed by atoms with E-state index in [9.17, 15) is 4.21 Å². The molecule has 1 atom stereocenters. The molecule has 0 aromatic heterocycles. The van der Waals surface area contributed by atoms with Crippen LogP contribution in [0.3, 0.4) is 0 Å². The third kappa shape index (κ3) is 9.80. The maximum Gasteiger partial charge on any atom is 0.152 e. The van der Waals surface area contributed by atoms with Crippen LogP contribution in [-0.2, 0) is 28.1 Å². The molecule has 0 heterocycles. The van der Waals surface area contributed by atoms with E-state index in [4.69, 9.17) is 4.55 Å². The fourth-order valence-corrected chi connectivity index (χ4v) is 0.803. The standard InChI is InChI=1S/C4H10O2S.Cu/c1-2-3-4-7(5)6;/h2-4H2,1H3,(H,5,6);. The molecule has 0 spiro atoms. The Labute approximate surface area is 62.8 Å². The second kappa shape index (κ2) is 7.63. The van der Waals surface area contributed by atoms with Crippen molar-refractivity contribution in [3.8, 4) is 0 Å². The summed E-state index contributed by atoms with van der Waals surface area (Å²) in [6.45, 7) is 1.99. The van der Waals surface area contributed by atoms with Crippen LogP contribution in [0, 0.1) is 0 Å². The summed E-state index contributed by atoms with van der Waals surface area (Å²) in [7, 11) is 0. The van der Waals surface area contributed by atoms with Crippen LogP contribution in [0.4, 0.5) is 0 Å². The Morgan fingerprint density at radius 1 is 1.62 bits per heavy atom. The molecule has 0 aliphatic carbocycles. The van der Waals surface area contributed by atoms with Crippen molar-refractivity contribution in [3.63, 3.8) is 0 Å². The van der Waals surface area contributed by atoms with Crippen molar-refractivity contribution in [1.29, 1.82) is 0 Å². The minimum atomic E-state index is -1.57. The van der Waals surface area contributed by atoms with Gasteiger partial charge in [-0.15, -0.1) is 0 Å². The Morgan fingerprint density at radius 2 is 2.12 bits per heavy atom. The summed E-state index contributed by atoms with van der Waals surface area (Å²) in [4.78, 5) is 0. The summed E-state index contributed by atoms with van der Waals surface area (Å²) >= 11 is -1.57. The normalized spacial score (nSPS) is 12.2. The molecule has 8 heavy (non-hydrogen) atoms. The number of hydrogen-bond donors (Lipinski definition) is 1. The van der Waals surface area contributed by atoms with Crippen LogP contribution >= 0.6 is 0 Å². The smallest absolute Gasteiger partial charge is 0.152 e. The molecule has 0 bridgehead atoms. The van der Waals surface area contributed by atoms with Gasteiger partial charge in [0, 0.05) is 22.8 Å². The summed E-state index contributed by atoms with van der Waals surface area (Å²) in [5.41, 5.74) is 0. The van der Waals surface area contributed by atoms with Crippen LogP contribution in [0.5, 0.6) is 0 Å². The van der Waals surface area contributed by atoms with Gasteiger partial charge < -0.3 is 4.55 Å². The van der Waals surface area contributed by atoms with E-state index in [0.29, 0.717) is 5.75 Å². The molecule has 55 valence electrons. The molecule has 1 radical (unpaired) electrons. The summed E-state index contributed by atoms with van der Waals surface area (Å²) in [6.07, 6.45) is 1.84. The average Bonchev–Trinajstić information content (AvgIpc) is 1.61. The quantitative estimate of drug-likeness (QED) is 0.527. The summed E-state index contributed by atoms with van der Waals surface area (Å²) in [5.74, 6) is 0.427. The second-order valence-corrected chi connectivity index (χ2v) is 2.43. The molecule has 0 aliphatic heterocycles. The number of hydrogen-bond acceptors (Lipinski definition) is 1. The van der Waals surface area contributed by atoms with Crippen molar-refractivity contribution in [2.75, 3.05) is 5.75 Å². The molecule has 0 saturated heterocycles. The van der Waals surface area contributed by atoms with Gasteiger partial charge in [-0.05, 0) is 6.42 Å². The van der Waals surface area contributed by atoms with E-state index in [0.717, 1.165) is 12.8 Å². The molecule has 1 N–H and O–H groups in total. The van der Waals surface area contributed by atoms with E-state index < -0.39 is 11.1 Å². The van der Waals surface area contributed by atoms with Gasteiger partial charge in [0.1, 0.15) is 0 Å². The van der Waals surface area contributed by atoms with Crippen molar-refractivity contribution in [1.82, 2.24) is 0 Å². The SMILES string of the molecule is CCCCS(=O)O.[Cu]. The van der Waals surface area contributed by atoms with Crippen LogP contribution in [0.25, 0.3) is 0 Å². The van der Waals surface area contributed by atoms with E-state index in [2.05, 4.69) is 0 Å². The minimum absolute atomic E-state index is 0. The first-order chi connectivity index (χ1) is 3.27. The fraction of sp³-hybridized carbons (Fsp3) is 1.00. The van der Waals surface area contributed by atoms with Gasteiger partial charge in [-0.25, -0.2) is 4.21 Å². The molecule has 0 fully saturated rings. The van der Waals surface area contributed by atoms with E-state index in [1.807, 2.05) is 6.92 Å². The Kier molecular flexibility index (Phi) is 10.9. The number of rotatable bonds is 3. The molecular weight excluding hydrogens is 176 g/mol. The minimum Gasteiger partial charge on any atom is -0.306 e. The third-order valence-corrected chi connectivity index (χ3v) is 1.31. The van der Waals surface area contributed by atoms with Crippen molar-refractivity contribution < 1.29 is 25.8 Å². The van der Waals surface area contributed by atoms with Gasteiger partial charge in [0.05, 0.1) is 0 Å². The van der Waals surface area contributed by atoms with Crippen molar-refractivity contribution >= 4 is 11.1 Å². The Bertz CT molecular complexity index is 67.1. The van der Waals surface area contributed by atoms with Gasteiger partial charge in [0.15, 0.2) is 11.1 Å². The topological polar surface area (TPSA) is 37.3 Å². The molecule has 0 amide bonds. The predicted molar refractivity (Wildman–Crippen MR) is 30.5 cm³/mol. The Morgan fingerprint density at radius 3 is 2.25 bits per heavy atom. The number of unbranched alkanes of at least 4 members (excludes halogenated alkanes) is 1. The molecule has 0 aromatic carbocycles. The van der Waals surface area contributed by atoms with E-state index in [1.165, 1.54) is 0 Å². The van der Waals surface area contributed by atoms with Crippen LogP contribution in [-0.4, -0.2) is 14.5 Å². The van der Waals surface area contributed by atoms with E-state index in [-0.39, 0.29) is 17.1 Å². The summed E-state index contributed by atoms with van der Waals surface area (Å²) in [6, 6.07) is 0. The maximum atomic E-state index is 9.87. The first-order valence-corrected chi connectivity index (χ1v) is 3.62. The predicted octanol–water partition coefficient (Wildman–Crippen LogP) is 1.01. The molecule has 0 rings (SSSR count). The molecular formula is C4H10CuO2S. The molecule has 4 heteroatoms. The van der Waals surface area contributed by atoms with E-state index in [1.54, 1.807) is 0 Å². The van der Waals surface area contributed by atoms with Crippen LogP contribution in [0.15, 0.2) is 0 Å². The first-order valence-electron chi connectivity index (χ1n) is 2.35. The van der Waals surface area contributed by atoms with Crippen molar-refractivity contribution in [2.24, 2.45) is 0 Å². The first kappa shape index (κ1) is 11.4. The van der Waals surface area contributed by atoms with Gasteiger partial charge in [0.25, 0.3) is 0 Å². The zero-order valence-electron chi connectivity index (χ0n) is 4.69. The molecule has 1 unspecified atom stereocenters. The molecule has 0 aromatic rings. The monoisotopic (exact) mass is 185 g/mol. The van der Waals surface area contributed by atoms with Crippen LogP contribution in [0.1, 0.15) is 19.8 Å². The van der Waals surface area contributed by atoms with Crippen molar-refractivity contribution in [2.45, 2.75) is 19.8 Å². The fourth-order valence-electron chi connectivity index (χ4n) is 0.268. The maximum absolute atomic E-state index is 9.87. The molecule has 0 saturated carbocycles. The zero-order valence-corrected chi connectivity index (χ0v) is 6.44. The van der Waals surface area contributed by atoms with Gasteiger partial charge in [-0.3, -0.25) is 0 Å². The van der Waals surface area contributed by atoms with E-state index >= 15 is 0 Å². The van der Waals surface area contributed by atoms with Gasteiger partial charge >= 0.3 is 0 Å².